The molecule has 0 saturated carbocycles. The SMILES string of the molecule is CCC(O)c1cc(F)c(Cl)c(F)c1. The third kappa shape index (κ3) is 2.17. The van der Waals surface area contributed by atoms with Crippen molar-refractivity contribution in [3.63, 3.8) is 0 Å². The predicted molar refractivity (Wildman–Crippen MR) is 46.6 cm³/mol. The third-order valence-electron chi connectivity index (χ3n) is 1.78. The fourth-order valence-electron chi connectivity index (χ4n) is 1.00. The van der Waals surface area contributed by atoms with Gasteiger partial charge in [-0.2, -0.15) is 0 Å². The summed E-state index contributed by atoms with van der Waals surface area (Å²) in [6, 6.07) is 2.08. The maximum absolute atomic E-state index is 12.9. The van der Waals surface area contributed by atoms with Crippen LogP contribution < -0.4 is 0 Å². The quantitative estimate of drug-likeness (QED) is 0.738. The zero-order valence-electron chi connectivity index (χ0n) is 7.02. The molecule has 0 saturated heterocycles. The van der Waals surface area contributed by atoms with Gasteiger partial charge < -0.3 is 5.11 Å². The van der Waals surface area contributed by atoms with Crippen LogP contribution in [0.3, 0.4) is 0 Å². The van der Waals surface area contributed by atoms with Gasteiger partial charge in [0.1, 0.15) is 16.7 Å². The molecular weight excluding hydrogens is 198 g/mol. The minimum atomic E-state index is -0.846. The van der Waals surface area contributed by atoms with Crippen LogP contribution in [0.25, 0.3) is 0 Å². The van der Waals surface area contributed by atoms with Crippen LogP contribution in [0.1, 0.15) is 25.0 Å². The molecule has 0 spiro atoms. The van der Waals surface area contributed by atoms with Gasteiger partial charge in [0.05, 0.1) is 6.10 Å². The highest BCUT2D eigenvalue weighted by molar-refractivity contribution is 6.30. The van der Waals surface area contributed by atoms with Crippen molar-refractivity contribution in [3.8, 4) is 0 Å². The highest BCUT2D eigenvalue weighted by Crippen LogP contribution is 2.24. The van der Waals surface area contributed by atoms with Crippen molar-refractivity contribution >= 4 is 11.6 Å². The maximum atomic E-state index is 12.9. The number of benzene rings is 1. The lowest BCUT2D eigenvalue weighted by Crippen LogP contribution is -1.98. The van der Waals surface area contributed by atoms with E-state index in [2.05, 4.69) is 0 Å². The fraction of sp³-hybridized carbons (Fsp3) is 0.333. The molecule has 1 aromatic carbocycles. The first kappa shape index (κ1) is 10.4. The highest BCUT2D eigenvalue weighted by Gasteiger charge is 2.12. The summed E-state index contributed by atoms with van der Waals surface area (Å²) in [5.74, 6) is -1.69. The lowest BCUT2D eigenvalue weighted by molar-refractivity contribution is 0.173. The van der Waals surface area contributed by atoms with Crippen LogP contribution in [0.15, 0.2) is 12.1 Å². The van der Waals surface area contributed by atoms with Gasteiger partial charge in [-0.05, 0) is 24.1 Å². The van der Waals surface area contributed by atoms with Gasteiger partial charge in [0, 0.05) is 0 Å². The molecule has 0 aliphatic carbocycles. The number of rotatable bonds is 2. The zero-order valence-corrected chi connectivity index (χ0v) is 7.78. The van der Waals surface area contributed by atoms with Gasteiger partial charge in [0.2, 0.25) is 0 Å². The van der Waals surface area contributed by atoms with Crippen LogP contribution >= 0.6 is 11.6 Å². The lowest BCUT2D eigenvalue weighted by Gasteiger charge is -2.08. The predicted octanol–water partition coefficient (Wildman–Crippen LogP) is 3.06. The normalized spacial score (nSPS) is 13.0. The molecule has 0 aliphatic rings. The van der Waals surface area contributed by atoms with Crippen LogP contribution in [0, 0.1) is 11.6 Å². The third-order valence-corrected chi connectivity index (χ3v) is 2.14. The van der Waals surface area contributed by atoms with E-state index >= 15 is 0 Å². The summed E-state index contributed by atoms with van der Waals surface area (Å²) < 4.78 is 25.7. The van der Waals surface area contributed by atoms with Crippen molar-refractivity contribution < 1.29 is 13.9 Å². The second-order valence-electron chi connectivity index (χ2n) is 2.72. The van der Waals surface area contributed by atoms with Gasteiger partial charge in [0.15, 0.2) is 0 Å². The Morgan fingerprint density at radius 2 is 1.85 bits per heavy atom. The molecule has 72 valence electrons. The van der Waals surface area contributed by atoms with E-state index in [4.69, 9.17) is 11.6 Å². The van der Waals surface area contributed by atoms with Crippen LogP contribution in [-0.4, -0.2) is 5.11 Å². The van der Waals surface area contributed by atoms with Crippen molar-refractivity contribution in [1.82, 2.24) is 0 Å². The Balaban J connectivity index is 3.13. The molecule has 0 radical (unpaired) electrons. The van der Waals surface area contributed by atoms with Gasteiger partial charge in [-0.3, -0.25) is 0 Å². The molecule has 0 aliphatic heterocycles. The molecule has 1 atom stereocenters. The van der Waals surface area contributed by atoms with Gasteiger partial charge >= 0.3 is 0 Å². The number of aliphatic hydroxyl groups excluding tert-OH is 1. The summed E-state index contributed by atoms with van der Waals surface area (Å²) >= 11 is 5.27. The van der Waals surface area contributed by atoms with E-state index in [9.17, 15) is 13.9 Å². The average Bonchev–Trinajstić information content (AvgIpc) is 2.12. The van der Waals surface area contributed by atoms with Crippen LogP contribution in [0.4, 0.5) is 8.78 Å². The second kappa shape index (κ2) is 4.03. The van der Waals surface area contributed by atoms with E-state index in [0.717, 1.165) is 12.1 Å². The summed E-state index contributed by atoms with van der Waals surface area (Å²) in [6.45, 7) is 1.72. The minimum Gasteiger partial charge on any atom is -0.388 e. The molecule has 0 amide bonds. The Hall–Kier alpha value is -0.670. The molecule has 0 bridgehead atoms. The molecule has 1 nitrogen and oxygen atoms in total. The Labute approximate surface area is 80.0 Å². The number of hydrogen-bond donors (Lipinski definition) is 1. The number of aliphatic hydroxyl groups is 1. The van der Waals surface area contributed by atoms with Crippen molar-refractivity contribution in [2.45, 2.75) is 19.4 Å². The van der Waals surface area contributed by atoms with E-state index in [-0.39, 0.29) is 5.56 Å². The first-order chi connectivity index (χ1) is 6.06. The van der Waals surface area contributed by atoms with Crippen molar-refractivity contribution in [1.29, 1.82) is 0 Å². The van der Waals surface area contributed by atoms with Crippen molar-refractivity contribution in [3.05, 3.63) is 34.4 Å². The molecule has 0 fully saturated rings. The van der Waals surface area contributed by atoms with Gasteiger partial charge in [-0.15, -0.1) is 0 Å². The highest BCUT2D eigenvalue weighted by atomic mass is 35.5. The molecule has 0 heterocycles. The average molecular weight is 207 g/mol. The largest absolute Gasteiger partial charge is 0.388 e. The molecule has 0 aromatic heterocycles. The fourth-order valence-corrected chi connectivity index (χ4v) is 1.11. The monoisotopic (exact) mass is 206 g/mol. The lowest BCUT2D eigenvalue weighted by atomic mass is 10.1. The molecule has 1 N–H and O–H groups in total. The Morgan fingerprint density at radius 1 is 1.38 bits per heavy atom. The smallest absolute Gasteiger partial charge is 0.145 e. The molecule has 13 heavy (non-hydrogen) atoms. The Bertz CT molecular complexity index is 291. The van der Waals surface area contributed by atoms with Gasteiger partial charge in [-0.1, -0.05) is 18.5 Å². The van der Waals surface area contributed by atoms with E-state index in [1.807, 2.05) is 0 Å². The van der Waals surface area contributed by atoms with Crippen molar-refractivity contribution in [2.24, 2.45) is 0 Å². The van der Waals surface area contributed by atoms with Crippen LogP contribution in [-0.2, 0) is 0 Å². The maximum Gasteiger partial charge on any atom is 0.145 e. The molecular formula is C9H9ClF2O. The van der Waals surface area contributed by atoms with Crippen LogP contribution in [0.2, 0.25) is 5.02 Å². The topological polar surface area (TPSA) is 20.2 Å². The van der Waals surface area contributed by atoms with Crippen molar-refractivity contribution in [2.75, 3.05) is 0 Å². The molecule has 1 aromatic rings. The Kier molecular flexibility index (Phi) is 3.22. The summed E-state index contributed by atoms with van der Waals surface area (Å²) in [4.78, 5) is 0. The zero-order chi connectivity index (χ0) is 10.0. The number of hydrogen-bond acceptors (Lipinski definition) is 1. The van der Waals surface area contributed by atoms with E-state index in [1.54, 1.807) is 6.92 Å². The molecule has 1 unspecified atom stereocenters. The van der Waals surface area contributed by atoms with Crippen LogP contribution in [0.5, 0.6) is 0 Å². The number of halogens is 3. The first-order valence-electron chi connectivity index (χ1n) is 3.88. The van der Waals surface area contributed by atoms with Gasteiger partial charge in [0.25, 0.3) is 0 Å². The minimum absolute atomic E-state index is 0.210. The molecule has 1 rings (SSSR count). The van der Waals surface area contributed by atoms with Gasteiger partial charge in [-0.25, -0.2) is 8.78 Å². The summed E-state index contributed by atoms with van der Waals surface area (Å²) in [7, 11) is 0. The van der Waals surface area contributed by atoms with E-state index in [1.165, 1.54) is 0 Å². The second-order valence-corrected chi connectivity index (χ2v) is 3.10. The Morgan fingerprint density at radius 3 is 2.23 bits per heavy atom. The first-order valence-corrected chi connectivity index (χ1v) is 4.26. The summed E-state index contributed by atoms with van der Waals surface area (Å²) in [5, 5.41) is 8.76. The van der Waals surface area contributed by atoms with E-state index in [0.29, 0.717) is 6.42 Å². The summed E-state index contributed by atoms with van der Waals surface area (Å²) in [6.07, 6.45) is -0.443. The van der Waals surface area contributed by atoms with E-state index < -0.39 is 22.8 Å². The standard InChI is InChI=1S/C9H9ClF2O/c1-2-8(13)5-3-6(11)9(10)7(12)4-5/h3-4,8,13H,2H2,1H3. The molecule has 4 heteroatoms. The summed E-state index contributed by atoms with van der Waals surface area (Å²) in [5.41, 5.74) is 0.210.